The molecular formula is C31H36N2O6. The van der Waals surface area contributed by atoms with Crippen LogP contribution in [0, 0.1) is 0 Å². The van der Waals surface area contributed by atoms with E-state index in [2.05, 4.69) is 9.80 Å². The van der Waals surface area contributed by atoms with E-state index in [0.29, 0.717) is 35.4 Å². The Balaban J connectivity index is 1.09. The van der Waals surface area contributed by atoms with Crippen molar-refractivity contribution in [2.24, 2.45) is 0 Å². The van der Waals surface area contributed by atoms with Gasteiger partial charge in [-0.25, -0.2) is 0 Å². The maximum Gasteiger partial charge on any atom is 0.318 e. The fourth-order valence-corrected chi connectivity index (χ4v) is 5.36. The number of piperazine rings is 1. The molecule has 0 aliphatic carbocycles. The van der Waals surface area contributed by atoms with Gasteiger partial charge < -0.3 is 28.6 Å². The number of nitrogens with zero attached hydrogens (tertiary/aromatic N) is 2. The topological polar surface area (TPSA) is 69.7 Å². The van der Waals surface area contributed by atoms with Crippen LogP contribution in [0.2, 0.25) is 0 Å². The number of benzene rings is 3. The van der Waals surface area contributed by atoms with Gasteiger partial charge in [-0.3, -0.25) is 9.69 Å². The quantitative estimate of drug-likeness (QED) is 0.275. The Bertz CT molecular complexity index is 1220. The van der Waals surface area contributed by atoms with Crippen LogP contribution in [0.5, 0.6) is 28.7 Å². The van der Waals surface area contributed by atoms with Crippen molar-refractivity contribution in [2.45, 2.75) is 18.9 Å². The first-order valence-electron chi connectivity index (χ1n) is 13.4. The smallest absolute Gasteiger partial charge is 0.318 e. The molecule has 8 heteroatoms. The Kier molecular flexibility index (Phi) is 8.54. The summed E-state index contributed by atoms with van der Waals surface area (Å²) >= 11 is 0. The van der Waals surface area contributed by atoms with Crippen LogP contribution in [-0.4, -0.2) is 76.4 Å². The number of para-hydroxylation sites is 2. The number of methoxy groups -OCH3 is 3. The molecule has 2 heterocycles. The first kappa shape index (κ1) is 26.8. The molecule has 0 atom stereocenters. The number of hydrogen-bond acceptors (Lipinski definition) is 8. The number of esters is 1. The summed E-state index contributed by atoms with van der Waals surface area (Å²) in [5, 5.41) is 0. The molecule has 0 amide bonds. The van der Waals surface area contributed by atoms with Crippen LogP contribution in [0.1, 0.15) is 29.0 Å². The van der Waals surface area contributed by atoms with E-state index >= 15 is 0 Å². The lowest BCUT2D eigenvalue weighted by Crippen LogP contribution is -2.46. The molecule has 0 spiro atoms. The van der Waals surface area contributed by atoms with Gasteiger partial charge in [0.2, 0.25) is 5.75 Å². The summed E-state index contributed by atoms with van der Waals surface area (Å²) in [7, 11) is 4.89. The van der Waals surface area contributed by atoms with E-state index in [-0.39, 0.29) is 5.97 Å². The summed E-state index contributed by atoms with van der Waals surface area (Å²) in [6.07, 6.45) is 0.797. The summed E-state index contributed by atoms with van der Waals surface area (Å²) in [6.45, 7) is 5.98. The molecule has 8 nitrogen and oxygen atoms in total. The minimum absolute atomic E-state index is 0.228. The second-order valence-electron chi connectivity index (χ2n) is 9.78. The van der Waals surface area contributed by atoms with Crippen molar-refractivity contribution in [3.8, 4) is 28.7 Å². The lowest BCUT2D eigenvalue weighted by Gasteiger charge is -2.34. The van der Waals surface area contributed by atoms with Gasteiger partial charge in [0.25, 0.3) is 0 Å². The van der Waals surface area contributed by atoms with Crippen molar-refractivity contribution in [2.75, 3.05) is 60.7 Å². The number of carbonyl (C=O) groups excluding carboxylic acids is 1. The first-order chi connectivity index (χ1) is 19.1. The summed E-state index contributed by atoms with van der Waals surface area (Å²) in [6, 6.07) is 19.4. The largest absolute Gasteiger partial charge is 0.493 e. The van der Waals surface area contributed by atoms with Crippen LogP contribution >= 0.6 is 0 Å². The van der Waals surface area contributed by atoms with E-state index in [1.807, 2.05) is 60.7 Å². The highest BCUT2D eigenvalue weighted by Crippen LogP contribution is 2.44. The molecule has 0 radical (unpaired) electrons. The molecule has 0 unspecified atom stereocenters. The Morgan fingerprint density at radius 3 is 1.95 bits per heavy atom. The SMILES string of the molecule is COc1cc(CN2CCN(CCCOC(=O)C3c4ccccc4Oc4ccccc43)CC2)cc(OC)c1OC. The third-order valence-corrected chi connectivity index (χ3v) is 7.37. The maximum absolute atomic E-state index is 13.2. The average molecular weight is 533 g/mol. The zero-order valence-electron chi connectivity index (χ0n) is 22.9. The first-order valence-corrected chi connectivity index (χ1v) is 13.4. The Morgan fingerprint density at radius 1 is 0.821 bits per heavy atom. The normalized spacial score (nSPS) is 15.6. The van der Waals surface area contributed by atoms with E-state index < -0.39 is 5.92 Å². The van der Waals surface area contributed by atoms with Crippen LogP contribution < -0.4 is 18.9 Å². The van der Waals surface area contributed by atoms with Crippen LogP contribution in [-0.2, 0) is 16.1 Å². The predicted octanol–water partition coefficient (Wildman–Crippen LogP) is 4.70. The number of fused-ring (bicyclic) bond motifs is 2. The lowest BCUT2D eigenvalue weighted by atomic mass is 9.88. The predicted molar refractivity (Wildman–Crippen MR) is 148 cm³/mol. The fraction of sp³-hybridized carbons (Fsp3) is 0.387. The summed E-state index contributed by atoms with van der Waals surface area (Å²) in [5.74, 6) is 2.68. The molecule has 2 aliphatic rings. The van der Waals surface area contributed by atoms with Gasteiger partial charge in [-0.1, -0.05) is 36.4 Å². The van der Waals surface area contributed by atoms with Gasteiger partial charge >= 0.3 is 5.97 Å². The minimum atomic E-state index is -0.468. The standard InChI is InChI=1S/C31H36N2O6/c1-35-27-19-22(20-28(36-2)30(27)37-3)21-33-16-14-32(15-17-33)13-8-18-38-31(34)29-23-9-4-6-11-25(23)39-26-12-7-5-10-24(26)29/h4-7,9-12,19-20,29H,8,13-18,21H2,1-3H3. The monoisotopic (exact) mass is 532 g/mol. The van der Waals surface area contributed by atoms with Gasteiger partial charge in [-0.05, 0) is 36.2 Å². The maximum atomic E-state index is 13.2. The van der Waals surface area contributed by atoms with Gasteiger partial charge in [0.05, 0.1) is 27.9 Å². The zero-order valence-corrected chi connectivity index (χ0v) is 22.9. The fourth-order valence-electron chi connectivity index (χ4n) is 5.36. The van der Waals surface area contributed by atoms with Crippen molar-refractivity contribution in [1.82, 2.24) is 9.80 Å². The van der Waals surface area contributed by atoms with Crippen molar-refractivity contribution in [1.29, 1.82) is 0 Å². The lowest BCUT2D eigenvalue weighted by molar-refractivity contribution is -0.144. The second kappa shape index (κ2) is 12.4. The van der Waals surface area contributed by atoms with Crippen LogP contribution in [0.25, 0.3) is 0 Å². The van der Waals surface area contributed by atoms with E-state index in [1.54, 1.807) is 21.3 Å². The molecule has 3 aromatic rings. The van der Waals surface area contributed by atoms with Crippen LogP contribution in [0.15, 0.2) is 60.7 Å². The molecule has 2 aliphatic heterocycles. The van der Waals surface area contributed by atoms with Crippen molar-refractivity contribution in [3.05, 3.63) is 77.4 Å². The van der Waals surface area contributed by atoms with Crippen molar-refractivity contribution < 1.29 is 28.5 Å². The highest BCUT2D eigenvalue weighted by Gasteiger charge is 2.33. The number of carbonyl (C=O) groups is 1. The Morgan fingerprint density at radius 2 is 1.38 bits per heavy atom. The van der Waals surface area contributed by atoms with Gasteiger partial charge in [0.1, 0.15) is 17.4 Å². The third kappa shape index (κ3) is 5.97. The van der Waals surface area contributed by atoms with Crippen LogP contribution in [0.4, 0.5) is 0 Å². The summed E-state index contributed by atoms with van der Waals surface area (Å²) in [4.78, 5) is 18.1. The molecule has 206 valence electrons. The van der Waals surface area contributed by atoms with E-state index in [4.69, 9.17) is 23.7 Å². The van der Waals surface area contributed by atoms with Gasteiger partial charge in [0.15, 0.2) is 11.5 Å². The molecule has 0 bridgehead atoms. The minimum Gasteiger partial charge on any atom is -0.493 e. The zero-order chi connectivity index (χ0) is 27.2. The van der Waals surface area contributed by atoms with Gasteiger partial charge in [-0.15, -0.1) is 0 Å². The van der Waals surface area contributed by atoms with E-state index in [0.717, 1.165) is 62.4 Å². The molecule has 0 aromatic heterocycles. The highest BCUT2D eigenvalue weighted by molar-refractivity contribution is 5.85. The summed E-state index contributed by atoms with van der Waals surface area (Å²) < 4.78 is 28.2. The molecular weight excluding hydrogens is 496 g/mol. The molecule has 0 N–H and O–H groups in total. The Labute approximate surface area is 230 Å². The van der Waals surface area contributed by atoms with E-state index in [9.17, 15) is 4.79 Å². The molecule has 3 aromatic carbocycles. The third-order valence-electron chi connectivity index (χ3n) is 7.37. The average Bonchev–Trinajstić information content (AvgIpc) is 2.98. The number of rotatable bonds is 10. The van der Waals surface area contributed by atoms with Gasteiger partial charge in [0, 0.05) is 50.4 Å². The second-order valence-corrected chi connectivity index (χ2v) is 9.78. The molecule has 5 rings (SSSR count). The Hall–Kier alpha value is -3.75. The molecule has 0 saturated carbocycles. The van der Waals surface area contributed by atoms with Crippen LogP contribution in [0.3, 0.4) is 0 Å². The van der Waals surface area contributed by atoms with Crippen molar-refractivity contribution >= 4 is 5.97 Å². The molecule has 1 fully saturated rings. The van der Waals surface area contributed by atoms with Crippen molar-refractivity contribution in [3.63, 3.8) is 0 Å². The molecule has 39 heavy (non-hydrogen) atoms. The number of ether oxygens (including phenoxy) is 5. The summed E-state index contributed by atoms with van der Waals surface area (Å²) in [5.41, 5.74) is 2.83. The van der Waals surface area contributed by atoms with Gasteiger partial charge in [-0.2, -0.15) is 0 Å². The molecule has 1 saturated heterocycles. The number of hydrogen-bond donors (Lipinski definition) is 0. The van der Waals surface area contributed by atoms with E-state index in [1.165, 1.54) is 0 Å². The highest BCUT2D eigenvalue weighted by atomic mass is 16.5.